The molecular formula is C14H24O3. The quantitative estimate of drug-likeness (QED) is 0.460. The number of carbonyl (C=O) groups excluding carboxylic acids is 3. The van der Waals surface area contributed by atoms with Gasteiger partial charge in [0.25, 0.3) is 0 Å². The van der Waals surface area contributed by atoms with Gasteiger partial charge in [-0.3, -0.25) is 9.59 Å². The Labute approximate surface area is 104 Å². The van der Waals surface area contributed by atoms with Gasteiger partial charge < -0.3 is 4.79 Å². The first-order valence-corrected chi connectivity index (χ1v) is 6.42. The Morgan fingerprint density at radius 2 is 1.82 bits per heavy atom. The molecule has 0 spiro atoms. The number of unbranched alkanes of at least 4 members (excludes halogenated alkanes) is 1. The van der Waals surface area contributed by atoms with Crippen LogP contribution in [0.15, 0.2) is 0 Å². The number of Topliss-reactive ketones (excluding diaryl/α,β-unsaturated/α-hetero) is 2. The van der Waals surface area contributed by atoms with Crippen molar-refractivity contribution in [2.45, 2.75) is 59.8 Å². The van der Waals surface area contributed by atoms with E-state index >= 15 is 0 Å². The lowest BCUT2D eigenvalue weighted by Crippen LogP contribution is -2.32. The van der Waals surface area contributed by atoms with Gasteiger partial charge in [0, 0.05) is 17.8 Å². The highest BCUT2D eigenvalue weighted by Gasteiger charge is 2.31. The number of carbonyl (C=O) groups is 3. The van der Waals surface area contributed by atoms with Crippen LogP contribution < -0.4 is 0 Å². The van der Waals surface area contributed by atoms with E-state index in [9.17, 15) is 14.4 Å². The van der Waals surface area contributed by atoms with Crippen LogP contribution in [0.1, 0.15) is 59.8 Å². The van der Waals surface area contributed by atoms with Gasteiger partial charge in [0.15, 0.2) is 5.78 Å². The lowest BCUT2D eigenvalue weighted by Gasteiger charge is -2.20. The van der Waals surface area contributed by atoms with Crippen molar-refractivity contribution >= 4 is 17.9 Å². The third-order valence-corrected chi connectivity index (χ3v) is 3.32. The van der Waals surface area contributed by atoms with Crippen molar-refractivity contribution in [3.63, 3.8) is 0 Å². The molecule has 0 amide bonds. The molecule has 1 unspecified atom stereocenters. The van der Waals surface area contributed by atoms with E-state index in [-0.39, 0.29) is 18.1 Å². The standard InChI is InChI=1S/C14H24O3/c1-5-7-8-11(10-15)9-12(16)13(17)14(3,4)6-2/h10-11H,5-9H2,1-4H3. The molecule has 3 nitrogen and oxygen atoms in total. The van der Waals surface area contributed by atoms with Crippen molar-refractivity contribution in [3.8, 4) is 0 Å². The molecule has 0 aliphatic rings. The van der Waals surface area contributed by atoms with Gasteiger partial charge in [0.1, 0.15) is 6.29 Å². The number of hydrogen-bond acceptors (Lipinski definition) is 3. The summed E-state index contributed by atoms with van der Waals surface area (Å²) < 4.78 is 0. The normalized spacial score (nSPS) is 13.2. The molecule has 0 rings (SSSR count). The van der Waals surface area contributed by atoms with Crippen LogP contribution in [0.4, 0.5) is 0 Å². The van der Waals surface area contributed by atoms with Crippen molar-refractivity contribution in [1.82, 2.24) is 0 Å². The summed E-state index contributed by atoms with van der Waals surface area (Å²) in [5.41, 5.74) is -0.602. The summed E-state index contributed by atoms with van der Waals surface area (Å²) in [6.07, 6.45) is 4.13. The summed E-state index contributed by atoms with van der Waals surface area (Å²) >= 11 is 0. The Kier molecular flexibility index (Phi) is 6.93. The zero-order valence-corrected chi connectivity index (χ0v) is 11.4. The van der Waals surface area contributed by atoms with Gasteiger partial charge in [-0.05, 0) is 12.8 Å². The SMILES string of the molecule is CCCCC(C=O)CC(=O)C(=O)C(C)(C)CC. The van der Waals surface area contributed by atoms with Crippen molar-refractivity contribution in [2.24, 2.45) is 11.3 Å². The number of aldehydes is 1. The van der Waals surface area contributed by atoms with Crippen molar-refractivity contribution in [3.05, 3.63) is 0 Å². The largest absolute Gasteiger partial charge is 0.303 e. The first-order chi connectivity index (χ1) is 7.88. The van der Waals surface area contributed by atoms with Crippen LogP contribution in [0.3, 0.4) is 0 Å². The Bertz CT molecular complexity index is 279. The molecule has 0 saturated carbocycles. The van der Waals surface area contributed by atoms with Crippen molar-refractivity contribution < 1.29 is 14.4 Å². The fraction of sp³-hybridized carbons (Fsp3) is 0.786. The molecular weight excluding hydrogens is 216 g/mol. The smallest absolute Gasteiger partial charge is 0.203 e. The summed E-state index contributed by atoms with van der Waals surface area (Å²) in [5, 5.41) is 0. The topological polar surface area (TPSA) is 51.2 Å². The van der Waals surface area contributed by atoms with Crippen LogP contribution in [0.5, 0.6) is 0 Å². The van der Waals surface area contributed by atoms with Gasteiger partial charge in [0.05, 0.1) is 0 Å². The van der Waals surface area contributed by atoms with Crippen LogP contribution in [-0.2, 0) is 14.4 Å². The fourth-order valence-corrected chi connectivity index (χ4v) is 1.55. The summed E-state index contributed by atoms with van der Waals surface area (Å²) in [5.74, 6) is -1.03. The van der Waals surface area contributed by atoms with Gasteiger partial charge in [-0.2, -0.15) is 0 Å². The van der Waals surface area contributed by atoms with E-state index in [2.05, 4.69) is 0 Å². The van der Waals surface area contributed by atoms with Gasteiger partial charge in [-0.15, -0.1) is 0 Å². The van der Waals surface area contributed by atoms with Crippen molar-refractivity contribution in [2.75, 3.05) is 0 Å². The Hall–Kier alpha value is -0.990. The highest BCUT2D eigenvalue weighted by molar-refractivity contribution is 6.39. The van der Waals surface area contributed by atoms with E-state index in [0.717, 1.165) is 19.1 Å². The second-order valence-electron chi connectivity index (χ2n) is 5.23. The maximum Gasteiger partial charge on any atom is 0.203 e. The summed E-state index contributed by atoms with van der Waals surface area (Å²) in [6.45, 7) is 7.47. The van der Waals surface area contributed by atoms with E-state index in [1.807, 2.05) is 13.8 Å². The lowest BCUT2D eigenvalue weighted by molar-refractivity contribution is -0.142. The second-order valence-corrected chi connectivity index (χ2v) is 5.23. The molecule has 0 aromatic carbocycles. The highest BCUT2D eigenvalue weighted by atomic mass is 16.2. The van der Waals surface area contributed by atoms with E-state index in [1.165, 1.54) is 0 Å². The average molecular weight is 240 g/mol. The molecule has 0 N–H and O–H groups in total. The number of ketones is 2. The molecule has 0 fully saturated rings. The summed E-state index contributed by atoms with van der Waals surface area (Å²) in [6, 6.07) is 0. The molecule has 0 aromatic heterocycles. The molecule has 0 bridgehead atoms. The monoisotopic (exact) mass is 240 g/mol. The molecule has 0 heterocycles. The van der Waals surface area contributed by atoms with Crippen LogP contribution >= 0.6 is 0 Å². The zero-order valence-electron chi connectivity index (χ0n) is 11.4. The third kappa shape index (κ3) is 5.24. The van der Waals surface area contributed by atoms with E-state index < -0.39 is 11.2 Å². The second kappa shape index (κ2) is 7.36. The summed E-state index contributed by atoms with van der Waals surface area (Å²) in [7, 11) is 0. The molecule has 0 radical (unpaired) electrons. The molecule has 1 atom stereocenters. The Balaban J connectivity index is 4.41. The molecule has 3 heteroatoms. The van der Waals surface area contributed by atoms with Crippen LogP contribution in [0.2, 0.25) is 0 Å². The molecule has 98 valence electrons. The maximum absolute atomic E-state index is 11.9. The van der Waals surface area contributed by atoms with Gasteiger partial charge in [-0.25, -0.2) is 0 Å². The zero-order chi connectivity index (χ0) is 13.5. The molecule has 0 aliphatic carbocycles. The first kappa shape index (κ1) is 16.0. The minimum atomic E-state index is -0.602. The minimum absolute atomic E-state index is 0.0752. The van der Waals surface area contributed by atoms with Crippen LogP contribution in [-0.4, -0.2) is 17.9 Å². The van der Waals surface area contributed by atoms with Gasteiger partial charge in [0.2, 0.25) is 5.78 Å². The summed E-state index contributed by atoms with van der Waals surface area (Å²) in [4.78, 5) is 34.5. The van der Waals surface area contributed by atoms with E-state index in [4.69, 9.17) is 0 Å². The Morgan fingerprint density at radius 1 is 1.24 bits per heavy atom. The molecule has 0 saturated heterocycles. The van der Waals surface area contributed by atoms with E-state index in [1.54, 1.807) is 13.8 Å². The minimum Gasteiger partial charge on any atom is -0.303 e. The van der Waals surface area contributed by atoms with Crippen LogP contribution in [0.25, 0.3) is 0 Å². The Morgan fingerprint density at radius 3 is 2.24 bits per heavy atom. The fourth-order valence-electron chi connectivity index (χ4n) is 1.55. The predicted molar refractivity (Wildman–Crippen MR) is 67.8 cm³/mol. The molecule has 17 heavy (non-hydrogen) atoms. The molecule has 0 aliphatic heterocycles. The highest BCUT2D eigenvalue weighted by Crippen LogP contribution is 2.23. The predicted octanol–water partition coefficient (Wildman–Crippen LogP) is 2.96. The first-order valence-electron chi connectivity index (χ1n) is 6.42. The number of rotatable bonds is 9. The maximum atomic E-state index is 11.9. The number of hydrogen-bond donors (Lipinski definition) is 0. The van der Waals surface area contributed by atoms with Gasteiger partial charge >= 0.3 is 0 Å². The third-order valence-electron chi connectivity index (χ3n) is 3.32. The van der Waals surface area contributed by atoms with Crippen LogP contribution in [0, 0.1) is 11.3 Å². The average Bonchev–Trinajstić information content (AvgIpc) is 2.32. The molecule has 0 aromatic rings. The van der Waals surface area contributed by atoms with Gasteiger partial charge in [-0.1, -0.05) is 40.5 Å². The van der Waals surface area contributed by atoms with E-state index in [0.29, 0.717) is 12.8 Å². The van der Waals surface area contributed by atoms with Crippen molar-refractivity contribution in [1.29, 1.82) is 0 Å². The lowest BCUT2D eigenvalue weighted by atomic mass is 9.81.